The van der Waals surface area contributed by atoms with Crippen LogP contribution in [0.3, 0.4) is 0 Å². The topological polar surface area (TPSA) is 61.4 Å². The van der Waals surface area contributed by atoms with Crippen LogP contribution < -0.4 is 15.5 Å². The van der Waals surface area contributed by atoms with Crippen LogP contribution in [0.2, 0.25) is 0 Å². The Morgan fingerprint density at radius 1 is 1.16 bits per heavy atom. The summed E-state index contributed by atoms with van der Waals surface area (Å²) in [7, 11) is 0. The number of nitrogens with zero attached hydrogens (tertiary/aromatic N) is 1. The molecule has 25 heavy (non-hydrogen) atoms. The van der Waals surface area contributed by atoms with E-state index in [-0.39, 0.29) is 23.3 Å². The smallest absolute Gasteiger partial charge is 0.253 e. The van der Waals surface area contributed by atoms with Crippen molar-refractivity contribution < 1.29 is 9.59 Å². The van der Waals surface area contributed by atoms with E-state index in [2.05, 4.69) is 15.5 Å². The Hall–Kier alpha value is -2.04. The van der Waals surface area contributed by atoms with Crippen molar-refractivity contribution in [2.75, 3.05) is 23.3 Å². The summed E-state index contributed by atoms with van der Waals surface area (Å²) in [6.07, 6.45) is 2.74. The quantitative estimate of drug-likeness (QED) is 0.853. The molecule has 1 aromatic carbocycles. The normalized spacial score (nSPS) is 14.7. The lowest BCUT2D eigenvalue weighted by molar-refractivity contribution is -0.117. The van der Waals surface area contributed by atoms with E-state index in [0.29, 0.717) is 17.7 Å². The lowest BCUT2D eigenvalue weighted by Crippen LogP contribution is -2.32. The first-order chi connectivity index (χ1) is 11.7. The van der Waals surface area contributed by atoms with E-state index in [1.54, 1.807) is 6.07 Å². The molecule has 1 saturated heterocycles. The average Bonchev–Trinajstić information content (AvgIpc) is 2.98. The zero-order chi connectivity index (χ0) is 18.6. The first kappa shape index (κ1) is 19.3. The molecule has 0 bridgehead atoms. The molecule has 2 rings (SSSR count). The van der Waals surface area contributed by atoms with Gasteiger partial charge in [0.2, 0.25) is 5.91 Å². The summed E-state index contributed by atoms with van der Waals surface area (Å²) >= 11 is 0. The fourth-order valence-electron chi connectivity index (χ4n) is 3.06. The van der Waals surface area contributed by atoms with Crippen molar-refractivity contribution in [1.29, 1.82) is 0 Å². The van der Waals surface area contributed by atoms with Crippen LogP contribution >= 0.6 is 0 Å². The van der Waals surface area contributed by atoms with Crippen molar-refractivity contribution in [1.82, 2.24) is 5.32 Å². The van der Waals surface area contributed by atoms with Crippen LogP contribution in [-0.2, 0) is 4.79 Å². The number of nitrogens with one attached hydrogen (secondary N) is 2. The van der Waals surface area contributed by atoms with Gasteiger partial charge in [-0.25, -0.2) is 0 Å². The van der Waals surface area contributed by atoms with Gasteiger partial charge in [-0.05, 0) is 50.3 Å². The minimum absolute atomic E-state index is 0.0309. The molecule has 0 unspecified atom stereocenters. The third kappa shape index (κ3) is 5.76. The largest absolute Gasteiger partial charge is 0.371 e. The van der Waals surface area contributed by atoms with Crippen LogP contribution in [0, 0.1) is 5.41 Å². The van der Waals surface area contributed by atoms with Crippen molar-refractivity contribution >= 4 is 23.2 Å². The monoisotopic (exact) mass is 345 g/mol. The van der Waals surface area contributed by atoms with Gasteiger partial charge in [0.05, 0.1) is 5.56 Å². The number of amides is 2. The molecule has 2 N–H and O–H groups in total. The summed E-state index contributed by atoms with van der Waals surface area (Å²) in [5, 5.41) is 5.89. The lowest BCUT2D eigenvalue weighted by Gasteiger charge is -2.23. The molecule has 1 fully saturated rings. The zero-order valence-corrected chi connectivity index (χ0v) is 16.1. The Balaban J connectivity index is 2.25. The number of hydrogen-bond donors (Lipinski definition) is 2. The fourth-order valence-corrected chi connectivity index (χ4v) is 3.06. The van der Waals surface area contributed by atoms with Gasteiger partial charge in [0.25, 0.3) is 5.91 Å². The number of carbonyl (C=O) groups excluding carboxylic acids is 2. The number of carbonyl (C=O) groups is 2. The third-order valence-electron chi connectivity index (χ3n) is 4.08. The number of hydrogen-bond acceptors (Lipinski definition) is 3. The molecule has 1 heterocycles. The van der Waals surface area contributed by atoms with Gasteiger partial charge in [-0.2, -0.15) is 0 Å². The van der Waals surface area contributed by atoms with Crippen LogP contribution in [0.4, 0.5) is 11.4 Å². The molecule has 5 heteroatoms. The summed E-state index contributed by atoms with van der Waals surface area (Å²) in [6.45, 7) is 11.9. The maximum Gasteiger partial charge on any atom is 0.253 e. The molecule has 1 aromatic rings. The van der Waals surface area contributed by atoms with Crippen molar-refractivity contribution in [3.8, 4) is 0 Å². The molecule has 0 saturated carbocycles. The molecule has 0 aromatic heterocycles. The van der Waals surface area contributed by atoms with Crippen LogP contribution in [0.5, 0.6) is 0 Å². The second-order valence-electron chi connectivity index (χ2n) is 8.34. The van der Waals surface area contributed by atoms with Crippen molar-refractivity contribution in [2.24, 2.45) is 5.41 Å². The first-order valence-electron chi connectivity index (χ1n) is 9.15. The second-order valence-corrected chi connectivity index (χ2v) is 8.34. The standard InChI is InChI=1S/C20H31N3O2/c1-14(2)21-19(25)16-12-15(22-18(24)13-20(3,4)5)8-9-17(16)23-10-6-7-11-23/h8-9,12,14H,6-7,10-11,13H2,1-5H3,(H,21,25)(H,22,24). The van der Waals surface area contributed by atoms with Crippen molar-refractivity contribution in [3.63, 3.8) is 0 Å². The summed E-state index contributed by atoms with van der Waals surface area (Å²) in [6, 6.07) is 5.71. The molecule has 5 nitrogen and oxygen atoms in total. The molecule has 0 aliphatic carbocycles. The van der Waals surface area contributed by atoms with E-state index < -0.39 is 0 Å². The molecule has 0 spiro atoms. The van der Waals surface area contributed by atoms with E-state index >= 15 is 0 Å². The molecule has 0 atom stereocenters. The van der Waals surface area contributed by atoms with Gasteiger partial charge in [0, 0.05) is 36.9 Å². The van der Waals surface area contributed by atoms with Crippen LogP contribution in [0.15, 0.2) is 18.2 Å². The van der Waals surface area contributed by atoms with Crippen LogP contribution in [0.25, 0.3) is 0 Å². The number of anilines is 2. The van der Waals surface area contributed by atoms with Gasteiger partial charge in [0.1, 0.15) is 0 Å². The predicted molar refractivity (Wildman–Crippen MR) is 103 cm³/mol. The van der Waals surface area contributed by atoms with E-state index in [0.717, 1.165) is 31.6 Å². The minimum Gasteiger partial charge on any atom is -0.371 e. The fraction of sp³-hybridized carbons (Fsp3) is 0.600. The lowest BCUT2D eigenvalue weighted by atomic mass is 9.92. The molecule has 1 aliphatic heterocycles. The van der Waals surface area contributed by atoms with Crippen LogP contribution in [0.1, 0.15) is 64.2 Å². The Morgan fingerprint density at radius 2 is 1.80 bits per heavy atom. The van der Waals surface area contributed by atoms with Gasteiger partial charge >= 0.3 is 0 Å². The second kappa shape index (κ2) is 7.89. The van der Waals surface area contributed by atoms with E-state index in [4.69, 9.17) is 0 Å². The maximum atomic E-state index is 12.6. The molecule has 2 amide bonds. The van der Waals surface area contributed by atoms with E-state index in [1.807, 2.05) is 46.8 Å². The average molecular weight is 345 g/mol. The van der Waals surface area contributed by atoms with Gasteiger partial charge in [-0.1, -0.05) is 20.8 Å². The van der Waals surface area contributed by atoms with E-state index in [9.17, 15) is 9.59 Å². The summed E-state index contributed by atoms with van der Waals surface area (Å²) in [4.78, 5) is 27.1. The Bertz CT molecular complexity index is 626. The highest BCUT2D eigenvalue weighted by atomic mass is 16.2. The summed E-state index contributed by atoms with van der Waals surface area (Å²) in [5.41, 5.74) is 2.18. The van der Waals surface area contributed by atoms with Crippen molar-refractivity contribution in [2.45, 2.75) is 59.9 Å². The zero-order valence-electron chi connectivity index (χ0n) is 16.1. The molecular weight excluding hydrogens is 314 g/mol. The molecule has 0 radical (unpaired) electrons. The van der Waals surface area contributed by atoms with Crippen molar-refractivity contribution in [3.05, 3.63) is 23.8 Å². The maximum absolute atomic E-state index is 12.6. The van der Waals surface area contributed by atoms with Gasteiger partial charge in [-0.15, -0.1) is 0 Å². The first-order valence-corrected chi connectivity index (χ1v) is 9.15. The highest BCUT2D eigenvalue weighted by molar-refractivity contribution is 6.02. The van der Waals surface area contributed by atoms with Gasteiger partial charge in [-0.3, -0.25) is 9.59 Å². The Kier molecular flexibility index (Phi) is 6.09. The Labute approximate surface area is 151 Å². The molecule has 138 valence electrons. The van der Waals surface area contributed by atoms with Gasteiger partial charge < -0.3 is 15.5 Å². The predicted octanol–water partition coefficient (Wildman–Crippen LogP) is 3.80. The Morgan fingerprint density at radius 3 is 2.36 bits per heavy atom. The minimum atomic E-state index is -0.0937. The summed E-state index contributed by atoms with van der Waals surface area (Å²) < 4.78 is 0. The summed E-state index contributed by atoms with van der Waals surface area (Å²) in [5.74, 6) is -0.125. The van der Waals surface area contributed by atoms with Crippen LogP contribution in [-0.4, -0.2) is 30.9 Å². The SMILES string of the molecule is CC(C)NC(=O)c1cc(NC(=O)CC(C)(C)C)ccc1N1CCCC1. The number of benzene rings is 1. The molecule has 1 aliphatic rings. The van der Waals surface area contributed by atoms with Gasteiger partial charge in [0.15, 0.2) is 0 Å². The highest BCUT2D eigenvalue weighted by Crippen LogP contribution is 2.28. The number of rotatable bonds is 5. The van der Waals surface area contributed by atoms with E-state index in [1.165, 1.54) is 0 Å². The third-order valence-corrected chi connectivity index (χ3v) is 4.08. The molecular formula is C20H31N3O2. The highest BCUT2D eigenvalue weighted by Gasteiger charge is 2.21.